The van der Waals surface area contributed by atoms with Crippen LogP contribution in [0.15, 0.2) is 54.2 Å². The van der Waals surface area contributed by atoms with E-state index in [2.05, 4.69) is 18.7 Å². The van der Waals surface area contributed by atoms with Crippen LogP contribution in [0.3, 0.4) is 0 Å². The first-order valence-electron chi connectivity index (χ1n) is 12.1. The van der Waals surface area contributed by atoms with Gasteiger partial charge in [-0.25, -0.2) is 4.79 Å². The second kappa shape index (κ2) is 11.0. The second-order valence-corrected chi connectivity index (χ2v) is 9.42. The summed E-state index contributed by atoms with van der Waals surface area (Å²) in [6.45, 7) is 5.74. The summed E-state index contributed by atoms with van der Waals surface area (Å²) in [7, 11) is 1.67. The number of carboxylic acids is 1. The molecule has 4 rings (SSSR count). The van der Waals surface area contributed by atoms with Crippen LogP contribution in [0, 0.1) is 5.92 Å². The third-order valence-corrected chi connectivity index (χ3v) is 6.68. The number of carboxylic acid groups (broad SMARTS) is 1. The molecule has 0 aliphatic carbocycles. The number of Topliss-reactive ketones (excluding diaryl/α,β-unsaturated/α-hetero) is 1. The van der Waals surface area contributed by atoms with E-state index < -0.39 is 5.97 Å². The highest BCUT2D eigenvalue weighted by molar-refractivity contribution is 6.17. The number of ketones is 1. The summed E-state index contributed by atoms with van der Waals surface area (Å²) in [5.41, 5.74) is 3.00. The molecule has 0 saturated carbocycles. The molecule has 2 unspecified atom stereocenters. The Morgan fingerprint density at radius 2 is 1.83 bits per heavy atom. The normalized spacial score (nSPS) is 19.1. The van der Waals surface area contributed by atoms with Gasteiger partial charge in [-0.05, 0) is 41.2 Å². The second-order valence-electron chi connectivity index (χ2n) is 9.42. The van der Waals surface area contributed by atoms with Crippen molar-refractivity contribution in [1.29, 1.82) is 0 Å². The summed E-state index contributed by atoms with van der Waals surface area (Å²) in [4.78, 5) is 26.4. The summed E-state index contributed by atoms with van der Waals surface area (Å²) in [5, 5.41) is 9.54. The Balaban J connectivity index is 1.70. The van der Waals surface area contributed by atoms with E-state index in [-0.39, 0.29) is 35.8 Å². The fourth-order valence-corrected chi connectivity index (χ4v) is 4.84. The van der Waals surface area contributed by atoms with Gasteiger partial charge < -0.3 is 24.2 Å². The number of aliphatic carboxylic acids is 1. The standard InChI is InChI=1S/C28H33NO6/c1-18(2)23-12-20-13-26(34-11-7-10-33-3)27(35-17-19-8-5-4-6-9-19)14-21(20)24-15-25(30)22(28(31)32)16-29(23)24/h4-6,8-9,13-14,16,18,23-24H,7,10-12,15,17H2,1-3H3,(H,31,32). The van der Waals surface area contributed by atoms with Crippen molar-refractivity contribution in [3.8, 4) is 11.5 Å². The van der Waals surface area contributed by atoms with E-state index in [0.717, 1.165) is 29.5 Å². The number of benzene rings is 2. The largest absolute Gasteiger partial charge is 0.490 e. The Hall–Kier alpha value is -3.32. The zero-order valence-corrected chi connectivity index (χ0v) is 20.5. The molecule has 0 fully saturated rings. The minimum atomic E-state index is -1.17. The van der Waals surface area contributed by atoms with Crippen LogP contribution in [0.1, 0.15) is 49.4 Å². The topological polar surface area (TPSA) is 85.3 Å². The van der Waals surface area contributed by atoms with Gasteiger partial charge in [0.05, 0.1) is 12.6 Å². The molecule has 2 aromatic rings. The van der Waals surface area contributed by atoms with Crippen LogP contribution in [0.5, 0.6) is 11.5 Å². The van der Waals surface area contributed by atoms with Crippen molar-refractivity contribution in [2.45, 2.75) is 51.8 Å². The zero-order chi connectivity index (χ0) is 24.9. The van der Waals surface area contributed by atoms with Gasteiger partial charge in [0.1, 0.15) is 12.2 Å². The van der Waals surface area contributed by atoms with E-state index in [1.807, 2.05) is 42.5 Å². The lowest BCUT2D eigenvalue weighted by atomic mass is 9.80. The molecular weight excluding hydrogens is 446 g/mol. The van der Waals surface area contributed by atoms with E-state index in [9.17, 15) is 14.7 Å². The smallest absolute Gasteiger partial charge is 0.340 e. The molecule has 0 aromatic heterocycles. The van der Waals surface area contributed by atoms with Gasteiger partial charge in [-0.2, -0.15) is 0 Å². The quantitative estimate of drug-likeness (QED) is 0.395. The van der Waals surface area contributed by atoms with Gasteiger partial charge in [0.15, 0.2) is 17.3 Å². The highest BCUT2D eigenvalue weighted by atomic mass is 16.5. The molecule has 1 N–H and O–H groups in total. The summed E-state index contributed by atoms with van der Waals surface area (Å²) < 4.78 is 17.5. The number of carbonyl (C=O) groups is 2. The average Bonchev–Trinajstić information content (AvgIpc) is 2.84. The number of carbonyl (C=O) groups excluding carboxylic acids is 1. The fraction of sp³-hybridized carbons (Fsp3) is 0.429. The Morgan fingerprint density at radius 3 is 2.51 bits per heavy atom. The maximum Gasteiger partial charge on any atom is 0.340 e. The van der Waals surface area contributed by atoms with Crippen LogP contribution in [0.4, 0.5) is 0 Å². The number of ether oxygens (including phenoxy) is 3. The van der Waals surface area contributed by atoms with E-state index >= 15 is 0 Å². The molecule has 186 valence electrons. The number of methoxy groups -OCH3 is 1. The third kappa shape index (κ3) is 5.51. The monoisotopic (exact) mass is 479 g/mol. The molecule has 0 spiro atoms. The average molecular weight is 480 g/mol. The van der Waals surface area contributed by atoms with Crippen molar-refractivity contribution in [2.24, 2.45) is 5.92 Å². The van der Waals surface area contributed by atoms with Gasteiger partial charge in [-0.3, -0.25) is 4.79 Å². The van der Waals surface area contributed by atoms with Crippen LogP contribution < -0.4 is 9.47 Å². The molecule has 7 heteroatoms. The number of rotatable bonds is 10. The maximum atomic E-state index is 12.7. The van der Waals surface area contributed by atoms with E-state index in [1.54, 1.807) is 13.3 Å². The lowest BCUT2D eigenvalue weighted by Gasteiger charge is -2.46. The predicted molar refractivity (Wildman–Crippen MR) is 131 cm³/mol. The Bertz CT molecular complexity index is 1090. The minimum absolute atomic E-state index is 0.0763. The van der Waals surface area contributed by atoms with E-state index in [1.165, 1.54) is 0 Å². The SMILES string of the molecule is COCCCOc1cc2c(cc1OCc1ccccc1)C1CC(=O)C(C(=O)O)=CN1C(C(C)C)C2. The van der Waals surface area contributed by atoms with Crippen molar-refractivity contribution in [3.63, 3.8) is 0 Å². The molecule has 7 nitrogen and oxygen atoms in total. The van der Waals surface area contributed by atoms with Gasteiger partial charge in [-0.15, -0.1) is 0 Å². The number of fused-ring (bicyclic) bond motifs is 3. The van der Waals surface area contributed by atoms with Gasteiger partial charge in [0, 0.05) is 38.8 Å². The Kier molecular flexibility index (Phi) is 7.76. The lowest BCUT2D eigenvalue weighted by Crippen LogP contribution is -2.47. The lowest BCUT2D eigenvalue weighted by molar-refractivity contribution is -0.135. The van der Waals surface area contributed by atoms with Crippen LogP contribution in [0.2, 0.25) is 0 Å². The highest BCUT2D eigenvalue weighted by Crippen LogP contribution is 2.45. The number of hydrogen-bond acceptors (Lipinski definition) is 6. The molecule has 2 heterocycles. The molecule has 0 amide bonds. The maximum absolute atomic E-state index is 12.7. The number of hydrogen-bond donors (Lipinski definition) is 1. The van der Waals surface area contributed by atoms with Gasteiger partial charge in [0.25, 0.3) is 0 Å². The van der Waals surface area contributed by atoms with Crippen LogP contribution in [-0.4, -0.2) is 48.1 Å². The molecule has 35 heavy (non-hydrogen) atoms. The molecule has 2 aliphatic heterocycles. The van der Waals surface area contributed by atoms with Crippen molar-refractivity contribution in [2.75, 3.05) is 20.3 Å². The van der Waals surface area contributed by atoms with Crippen LogP contribution in [0.25, 0.3) is 0 Å². The van der Waals surface area contributed by atoms with Crippen molar-refractivity contribution in [3.05, 3.63) is 70.9 Å². The van der Waals surface area contributed by atoms with Crippen molar-refractivity contribution in [1.82, 2.24) is 4.90 Å². The highest BCUT2D eigenvalue weighted by Gasteiger charge is 2.41. The summed E-state index contributed by atoms with van der Waals surface area (Å²) >= 11 is 0. The summed E-state index contributed by atoms with van der Waals surface area (Å²) in [5.74, 6) is 0.0449. The molecule has 0 saturated heterocycles. The number of nitrogens with zero attached hydrogens (tertiary/aromatic N) is 1. The van der Waals surface area contributed by atoms with Crippen LogP contribution in [-0.2, 0) is 27.4 Å². The Morgan fingerprint density at radius 1 is 1.09 bits per heavy atom. The molecule has 2 atom stereocenters. The minimum Gasteiger partial charge on any atom is -0.490 e. The molecule has 0 bridgehead atoms. The molecular formula is C28H33NO6. The predicted octanol–water partition coefficient (Wildman–Crippen LogP) is 4.55. The first-order valence-corrected chi connectivity index (χ1v) is 12.1. The molecule has 2 aromatic carbocycles. The van der Waals surface area contributed by atoms with Crippen molar-refractivity contribution >= 4 is 11.8 Å². The zero-order valence-electron chi connectivity index (χ0n) is 20.5. The third-order valence-electron chi connectivity index (χ3n) is 6.68. The first kappa shape index (κ1) is 24.8. The van der Waals surface area contributed by atoms with Crippen molar-refractivity contribution < 1.29 is 28.9 Å². The Labute approximate surface area is 206 Å². The van der Waals surface area contributed by atoms with Gasteiger partial charge >= 0.3 is 5.97 Å². The fourth-order valence-electron chi connectivity index (χ4n) is 4.84. The van der Waals surface area contributed by atoms with Gasteiger partial charge in [-0.1, -0.05) is 44.2 Å². The molecule has 0 radical (unpaired) electrons. The first-order chi connectivity index (χ1) is 16.9. The summed E-state index contributed by atoms with van der Waals surface area (Å²) in [6, 6.07) is 13.8. The van der Waals surface area contributed by atoms with Gasteiger partial charge in [0.2, 0.25) is 0 Å². The molecule has 2 aliphatic rings. The van der Waals surface area contributed by atoms with E-state index in [0.29, 0.717) is 31.3 Å². The summed E-state index contributed by atoms with van der Waals surface area (Å²) in [6.07, 6.45) is 3.16. The van der Waals surface area contributed by atoms with Crippen LogP contribution >= 0.6 is 0 Å². The van der Waals surface area contributed by atoms with E-state index in [4.69, 9.17) is 14.2 Å².